The second-order valence-electron chi connectivity index (χ2n) is 4.14. The second-order valence-corrected chi connectivity index (χ2v) is 4.14. The van der Waals surface area contributed by atoms with Crippen LogP contribution in [0.2, 0.25) is 0 Å². The first-order valence-corrected chi connectivity index (χ1v) is 5.65. The van der Waals surface area contributed by atoms with Crippen LogP contribution in [0.4, 0.5) is 13.2 Å². The Morgan fingerprint density at radius 1 is 1.17 bits per heavy atom. The van der Waals surface area contributed by atoms with Crippen LogP contribution < -0.4 is 0 Å². The summed E-state index contributed by atoms with van der Waals surface area (Å²) in [5.41, 5.74) is 1.60. The van der Waals surface area contributed by atoms with Crippen LogP contribution in [-0.4, -0.2) is 10.2 Å². The quantitative estimate of drug-likeness (QED) is 0.863. The highest BCUT2D eigenvalue weighted by Crippen LogP contribution is 2.35. The van der Waals surface area contributed by atoms with Gasteiger partial charge in [0.05, 0.1) is 5.69 Å². The van der Waals surface area contributed by atoms with Gasteiger partial charge >= 0.3 is 6.18 Å². The Morgan fingerprint density at radius 3 is 2.28 bits per heavy atom. The number of rotatable bonds is 2. The molecule has 1 aromatic carbocycles. The third-order valence-electron chi connectivity index (χ3n) is 2.83. The van der Waals surface area contributed by atoms with E-state index in [-0.39, 0.29) is 12.0 Å². The summed E-state index contributed by atoms with van der Waals surface area (Å²) in [5, 5.41) is 5.91. The maximum atomic E-state index is 12.8. The van der Waals surface area contributed by atoms with E-state index in [4.69, 9.17) is 0 Å². The summed E-state index contributed by atoms with van der Waals surface area (Å²) in [7, 11) is 0. The average molecular weight is 254 g/mol. The molecular weight excluding hydrogens is 241 g/mol. The molecule has 1 N–H and O–H groups in total. The molecule has 0 spiro atoms. The monoisotopic (exact) mass is 254 g/mol. The summed E-state index contributed by atoms with van der Waals surface area (Å²) in [4.78, 5) is 0. The average Bonchev–Trinajstić information content (AvgIpc) is 2.73. The number of nitrogens with one attached hydrogen (secondary N) is 1. The lowest BCUT2D eigenvalue weighted by Gasteiger charge is -2.06. The van der Waals surface area contributed by atoms with E-state index >= 15 is 0 Å². The van der Waals surface area contributed by atoms with E-state index in [0.29, 0.717) is 11.3 Å². The van der Waals surface area contributed by atoms with Crippen molar-refractivity contribution in [2.24, 2.45) is 0 Å². The van der Waals surface area contributed by atoms with Crippen molar-refractivity contribution >= 4 is 0 Å². The number of aromatic nitrogens is 2. The molecule has 0 radical (unpaired) electrons. The highest BCUT2D eigenvalue weighted by molar-refractivity contribution is 5.64. The maximum absolute atomic E-state index is 12.8. The van der Waals surface area contributed by atoms with Crippen molar-refractivity contribution < 1.29 is 13.2 Å². The molecule has 0 aliphatic heterocycles. The molecule has 0 aliphatic rings. The summed E-state index contributed by atoms with van der Waals surface area (Å²) in [6.07, 6.45) is -4.10. The number of aromatic amines is 1. The topological polar surface area (TPSA) is 28.7 Å². The number of H-pyrrole nitrogens is 1. The van der Waals surface area contributed by atoms with Gasteiger partial charge in [-0.1, -0.05) is 36.8 Å². The summed E-state index contributed by atoms with van der Waals surface area (Å²) < 4.78 is 38.3. The van der Waals surface area contributed by atoms with Crippen molar-refractivity contribution in [1.29, 1.82) is 0 Å². The second kappa shape index (κ2) is 4.48. The number of nitrogens with zero attached hydrogens (tertiary/aromatic N) is 1. The third kappa shape index (κ3) is 2.25. The molecule has 0 saturated heterocycles. The fraction of sp³-hybridized carbons (Fsp3) is 0.308. The number of hydrogen-bond acceptors (Lipinski definition) is 1. The molecule has 18 heavy (non-hydrogen) atoms. The molecule has 0 bridgehead atoms. The zero-order chi connectivity index (χ0) is 13.3. The molecule has 0 unspecified atom stereocenters. The smallest absolute Gasteiger partial charge is 0.273 e. The molecule has 96 valence electrons. The fourth-order valence-electron chi connectivity index (χ4n) is 1.89. The van der Waals surface area contributed by atoms with E-state index in [2.05, 4.69) is 10.2 Å². The first-order chi connectivity index (χ1) is 8.43. The van der Waals surface area contributed by atoms with Gasteiger partial charge in [-0.3, -0.25) is 5.10 Å². The van der Waals surface area contributed by atoms with Crippen LogP contribution in [0, 0.1) is 6.92 Å². The Balaban J connectivity index is 2.52. The van der Waals surface area contributed by atoms with Crippen LogP contribution in [0.25, 0.3) is 11.3 Å². The van der Waals surface area contributed by atoms with Gasteiger partial charge in [-0.15, -0.1) is 0 Å². The Morgan fingerprint density at radius 2 is 1.78 bits per heavy atom. The Bertz CT molecular complexity index is 538. The van der Waals surface area contributed by atoms with Gasteiger partial charge in [0.2, 0.25) is 0 Å². The van der Waals surface area contributed by atoms with Crippen molar-refractivity contribution in [3.05, 3.63) is 41.1 Å². The number of alkyl halides is 3. The molecule has 0 aliphatic carbocycles. The predicted molar refractivity (Wildman–Crippen MR) is 63.1 cm³/mol. The summed E-state index contributed by atoms with van der Waals surface area (Å²) in [6.45, 7) is 3.62. The Kier molecular flexibility index (Phi) is 3.15. The minimum atomic E-state index is -4.39. The first-order valence-electron chi connectivity index (χ1n) is 5.65. The zero-order valence-corrected chi connectivity index (χ0v) is 10.1. The van der Waals surface area contributed by atoms with Gasteiger partial charge in [0.15, 0.2) is 0 Å². The lowest BCUT2D eigenvalue weighted by atomic mass is 10.0. The fourth-order valence-corrected chi connectivity index (χ4v) is 1.89. The van der Waals surface area contributed by atoms with Gasteiger partial charge < -0.3 is 0 Å². The Labute approximate surface area is 103 Å². The molecule has 0 fully saturated rings. The predicted octanol–water partition coefficient (Wildman–Crippen LogP) is 3.97. The van der Waals surface area contributed by atoms with Crippen molar-refractivity contribution in [1.82, 2.24) is 10.2 Å². The third-order valence-corrected chi connectivity index (χ3v) is 2.83. The van der Waals surface area contributed by atoms with Crippen LogP contribution in [0.5, 0.6) is 0 Å². The van der Waals surface area contributed by atoms with Crippen LogP contribution >= 0.6 is 0 Å². The highest BCUT2D eigenvalue weighted by Gasteiger charge is 2.36. The number of hydrogen-bond donors (Lipinski definition) is 1. The van der Waals surface area contributed by atoms with Gasteiger partial charge in [0.25, 0.3) is 0 Å². The summed E-state index contributed by atoms with van der Waals surface area (Å²) >= 11 is 0. The SMILES string of the molecule is CCc1c(-c2ccc(C)cc2)n[nH]c1C(F)(F)F. The van der Waals surface area contributed by atoms with E-state index in [1.54, 1.807) is 19.1 Å². The first kappa shape index (κ1) is 12.7. The number of benzene rings is 1. The van der Waals surface area contributed by atoms with E-state index in [0.717, 1.165) is 5.56 Å². The van der Waals surface area contributed by atoms with Crippen LogP contribution in [-0.2, 0) is 12.6 Å². The molecule has 0 saturated carbocycles. The molecule has 2 rings (SSSR count). The van der Waals surface area contributed by atoms with Crippen LogP contribution in [0.1, 0.15) is 23.7 Å². The van der Waals surface area contributed by atoms with Gasteiger partial charge in [0, 0.05) is 11.1 Å². The lowest BCUT2D eigenvalue weighted by molar-refractivity contribution is -0.141. The van der Waals surface area contributed by atoms with Crippen LogP contribution in [0.15, 0.2) is 24.3 Å². The van der Waals surface area contributed by atoms with Gasteiger partial charge in [-0.05, 0) is 13.3 Å². The lowest BCUT2D eigenvalue weighted by Crippen LogP contribution is -2.08. The standard InChI is InChI=1S/C13H13F3N2/c1-3-10-11(9-6-4-8(2)5-7-9)17-18-12(10)13(14,15)16/h4-7H,3H2,1-2H3,(H,17,18). The minimum Gasteiger partial charge on any atom is -0.273 e. The van der Waals surface area contributed by atoms with Crippen molar-refractivity contribution in [3.8, 4) is 11.3 Å². The van der Waals surface area contributed by atoms with Gasteiger partial charge in [-0.25, -0.2) is 0 Å². The van der Waals surface area contributed by atoms with E-state index < -0.39 is 11.9 Å². The highest BCUT2D eigenvalue weighted by atomic mass is 19.4. The van der Waals surface area contributed by atoms with Gasteiger partial charge in [-0.2, -0.15) is 18.3 Å². The van der Waals surface area contributed by atoms with Crippen molar-refractivity contribution in [3.63, 3.8) is 0 Å². The maximum Gasteiger partial charge on any atom is 0.433 e. The van der Waals surface area contributed by atoms with E-state index in [9.17, 15) is 13.2 Å². The molecule has 1 heterocycles. The molecule has 1 aromatic heterocycles. The summed E-state index contributed by atoms with van der Waals surface area (Å²) in [5.74, 6) is 0. The minimum absolute atomic E-state index is 0.214. The normalized spacial score (nSPS) is 11.8. The molecule has 5 heteroatoms. The van der Waals surface area contributed by atoms with E-state index in [1.807, 2.05) is 19.1 Å². The number of aryl methyl sites for hydroxylation is 1. The van der Waals surface area contributed by atoms with Crippen molar-refractivity contribution in [2.75, 3.05) is 0 Å². The molecular formula is C13H13F3N2. The molecule has 0 amide bonds. The zero-order valence-electron chi connectivity index (χ0n) is 10.1. The molecule has 2 aromatic rings. The molecule has 0 atom stereocenters. The van der Waals surface area contributed by atoms with E-state index in [1.165, 1.54) is 0 Å². The molecule has 2 nitrogen and oxygen atoms in total. The Hall–Kier alpha value is -1.78. The number of halogens is 3. The van der Waals surface area contributed by atoms with Crippen LogP contribution in [0.3, 0.4) is 0 Å². The van der Waals surface area contributed by atoms with Gasteiger partial charge in [0.1, 0.15) is 5.69 Å². The summed E-state index contributed by atoms with van der Waals surface area (Å²) in [6, 6.07) is 7.28. The van der Waals surface area contributed by atoms with Crippen molar-refractivity contribution in [2.45, 2.75) is 26.4 Å². The largest absolute Gasteiger partial charge is 0.433 e.